The SMILES string of the molecule is Cc1cccc(CN[C@H](C)c2ccccc2F)n1. The molecule has 0 bridgehead atoms. The molecule has 0 amide bonds. The lowest BCUT2D eigenvalue weighted by atomic mass is 10.1. The molecule has 0 aliphatic carbocycles. The van der Waals surface area contributed by atoms with Crippen molar-refractivity contribution in [2.45, 2.75) is 26.4 Å². The number of nitrogens with one attached hydrogen (secondary N) is 1. The summed E-state index contributed by atoms with van der Waals surface area (Å²) in [5.41, 5.74) is 2.65. The smallest absolute Gasteiger partial charge is 0.127 e. The molecule has 94 valence electrons. The first-order valence-electron chi connectivity index (χ1n) is 6.07. The molecule has 0 saturated heterocycles. The maximum absolute atomic E-state index is 13.6. The standard InChI is InChI=1S/C15H17FN2/c1-11-6-5-7-13(18-11)10-17-12(2)14-8-3-4-9-15(14)16/h3-9,12,17H,10H2,1-2H3/t12-/m1/s1. The van der Waals surface area contributed by atoms with Crippen LogP contribution in [0, 0.1) is 12.7 Å². The van der Waals surface area contributed by atoms with Gasteiger partial charge in [-0.25, -0.2) is 4.39 Å². The van der Waals surface area contributed by atoms with Crippen LogP contribution in [0.3, 0.4) is 0 Å². The number of hydrogen-bond acceptors (Lipinski definition) is 2. The zero-order chi connectivity index (χ0) is 13.0. The molecule has 2 rings (SSSR count). The number of hydrogen-bond donors (Lipinski definition) is 1. The zero-order valence-corrected chi connectivity index (χ0v) is 10.7. The molecule has 18 heavy (non-hydrogen) atoms. The van der Waals surface area contributed by atoms with Gasteiger partial charge in [0, 0.05) is 23.8 Å². The summed E-state index contributed by atoms with van der Waals surface area (Å²) in [6.45, 7) is 4.55. The van der Waals surface area contributed by atoms with E-state index in [2.05, 4.69) is 10.3 Å². The molecule has 1 N–H and O–H groups in total. The van der Waals surface area contributed by atoms with Crippen LogP contribution in [0.4, 0.5) is 4.39 Å². The highest BCUT2D eigenvalue weighted by molar-refractivity contribution is 5.20. The van der Waals surface area contributed by atoms with Crippen molar-refractivity contribution in [3.05, 3.63) is 65.2 Å². The minimum atomic E-state index is -0.172. The average Bonchev–Trinajstić information content (AvgIpc) is 2.37. The highest BCUT2D eigenvalue weighted by Gasteiger charge is 2.09. The van der Waals surface area contributed by atoms with Gasteiger partial charge in [0.2, 0.25) is 0 Å². The topological polar surface area (TPSA) is 24.9 Å². The van der Waals surface area contributed by atoms with Gasteiger partial charge in [0.25, 0.3) is 0 Å². The molecule has 0 aliphatic rings. The Morgan fingerprint density at radius 2 is 1.94 bits per heavy atom. The van der Waals surface area contributed by atoms with Crippen molar-refractivity contribution >= 4 is 0 Å². The van der Waals surface area contributed by atoms with E-state index in [0.717, 1.165) is 11.4 Å². The molecule has 2 nitrogen and oxygen atoms in total. The van der Waals surface area contributed by atoms with Crippen molar-refractivity contribution in [1.82, 2.24) is 10.3 Å². The molecule has 0 unspecified atom stereocenters. The second kappa shape index (κ2) is 5.74. The molecule has 1 aromatic carbocycles. The van der Waals surface area contributed by atoms with Gasteiger partial charge in [-0.1, -0.05) is 24.3 Å². The van der Waals surface area contributed by atoms with E-state index in [9.17, 15) is 4.39 Å². The summed E-state index contributed by atoms with van der Waals surface area (Å²) < 4.78 is 13.6. The Kier molecular flexibility index (Phi) is 4.05. The van der Waals surface area contributed by atoms with Gasteiger partial charge in [0.05, 0.1) is 5.69 Å². The summed E-state index contributed by atoms with van der Waals surface area (Å²) in [6, 6.07) is 12.7. The van der Waals surface area contributed by atoms with E-state index < -0.39 is 0 Å². The summed E-state index contributed by atoms with van der Waals surface area (Å²) in [6.07, 6.45) is 0. The predicted octanol–water partition coefficient (Wildman–Crippen LogP) is 3.38. The van der Waals surface area contributed by atoms with Crippen LogP contribution in [0.5, 0.6) is 0 Å². The van der Waals surface area contributed by atoms with Gasteiger partial charge in [0.15, 0.2) is 0 Å². The molecule has 0 radical (unpaired) electrons. The number of aromatic nitrogens is 1. The number of nitrogens with zero attached hydrogens (tertiary/aromatic N) is 1. The van der Waals surface area contributed by atoms with Gasteiger partial charge in [-0.3, -0.25) is 4.98 Å². The summed E-state index contributed by atoms with van der Waals surface area (Å²) in [4.78, 5) is 4.40. The molecule has 0 saturated carbocycles. The van der Waals surface area contributed by atoms with Crippen LogP contribution in [0.2, 0.25) is 0 Å². The third kappa shape index (κ3) is 3.14. The molecule has 0 aliphatic heterocycles. The van der Waals surface area contributed by atoms with E-state index in [1.807, 2.05) is 38.1 Å². The minimum Gasteiger partial charge on any atom is -0.304 e. The van der Waals surface area contributed by atoms with Gasteiger partial charge in [0.1, 0.15) is 5.82 Å². The summed E-state index contributed by atoms with van der Waals surface area (Å²) in [5.74, 6) is -0.172. The lowest BCUT2D eigenvalue weighted by molar-refractivity contribution is 0.524. The lowest BCUT2D eigenvalue weighted by Gasteiger charge is -2.14. The maximum Gasteiger partial charge on any atom is 0.127 e. The third-order valence-electron chi connectivity index (χ3n) is 2.91. The van der Waals surface area contributed by atoms with Gasteiger partial charge < -0.3 is 5.32 Å². The molecule has 2 aromatic rings. The van der Waals surface area contributed by atoms with Crippen LogP contribution in [0.15, 0.2) is 42.5 Å². The highest BCUT2D eigenvalue weighted by Crippen LogP contribution is 2.16. The van der Waals surface area contributed by atoms with Gasteiger partial charge in [-0.15, -0.1) is 0 Å². The fourth-order valence-electron chi connectivity index (χ4n) is 1.89. The molecule has 0 fully saturated rings. The van der Waals surface area contributed by atoms with Crippen LogP contribution in [0.1, 0.15) is 29.9 Å². The highest BCUT2D eigenvalue weighted by atomic mass is 19.1. The molecule has 0 spiro atoms. The number of pyridine rings is 1. The number of rotatable bonds is 4. The first kappa shape index (κ1) is 12.7. The summed E-state index contributed by atoms with van der Waals surface area (Å²) in [5, 5.41) is 3.28. The molecule has 1 aromatic heterocycles. The number of aryl methyl sites for hydroxylation is 1. The first-order chi connectivity index (χ1) is 8.66. The molecular formula is C15H17FN2. The maximum atomic E-state index is 13.6. The lowest BCUT2D eigenvalue weighted by Crippen LogP contribution is -2.19. The van der Waals surface area contributed by atoms with Crippen molar-refractivity contribution in [1.29, 1.82) is 0 Å². The zero-order valence-electron chi connectivity index (χ0n) is 10.7. The number of benzene rings is 1. The fraction of sp³-hybridized carbons (Fsp3) is 0.267. The molecular weight excluding hydrogens is 227 g/mol. The van der Waals surface area contributed by atoms with Crippen molar-refractivity contribution in [2.24, 2.45) is 0 Å². The second-order valence-electron chi connectivity index (χ2n) is 4.39. The quantitative estimate of drug-likeness (QED) is 0.891. The number of halogens is 1. The van der Waals surface area contributed by atoms with Crippen molar-refractivity contribution in [3.8, 4) is 0 Å². The second-order valence-corrected chi connectivity index (χ2v) is 4.39. The van der Waals surface area contributed by atoms with E-state index in [1.165, 1.54) is 6.07 Å². The average molecular weight is 244 g/mol. The van der Waals surface area contributed by atoms with Crippen LogP contribution in [0.25, 0.3) is 0 Å². The van der Waals surface area contributed by atoms with E-state index in [1.54, 1.807) is 12.1 Å². The largest absolute Gasteiger partial charge is 0.304 e. The molecule has 1 heterocycles. The van der Waals surface area contributed by atoms with Gasteiger partial charge >= 0.3 is 0 Å². The third-order valence-corrected chi connectivity index (χ3v) is 2.91. The first-order valence-corrected chi connectivity index (χ1v) is 6.07. The Morgan fingerprint density at radius 3 is 2.67 bits per heavy atom. The monoisotopic (exact) mass is 244 g/mol. The van der Waals surface area contributed by atoms with Crippen LogP contribution in [-0.2, 0) is 6.54 Å². The Bertz CT molecular complexity index is 525. The Morgan fingerprint density at radius 1 is 1.17 bits per heavy atom. The van der Waals surface area contributed by atoms with E-state index in [0.29, 0.717) is 12.1 Å². The van der Waals surface area contributed by atoms with E-state index in [-0.39, 0.29) is 11.9 Å². The van der Waals surface area contributed by atoms with Crippen molar-refractivity contribution in [3.63, 3.8) is 0 Å². The van der Waals surface area contributed by atoms with Gasteiger partial charge in [-0.2, -0.15) is 0 Å². The minimum absolute atomic E-state index is 0.0338. The normalized spacial score (nSPS) is 12.4. The van der Waals surface area contributed by atoms with E-state index in [4.69, 9.17) is 0 Å². The predicted molar refractivity (Wildman–Crippen MR) is 70.6 cm³/mol. The summed E-state index contributed by atoms with van der Waals surface area (Å²) >= 11 is 0. The Balaban J connectivity index is 2.00. The van der Waals surface area contributed by atoms with Crippen molar-refractivity contribution < 1.29 is 4.39 Å². The van der Waals surface area contributed by atoms with Crippen LogP contribution >= 0.6 is 0 Å². The Hall–Kier alpha value is -1.74. The van der Waals surface area contributed by atoms with Crippen molar-refractivity contribution in [2.75, 3.05) is 0 Å². The van der Waals surface area contributed by atoms with Crippen LogP contribution < -0.4 is 5.32 Å². The molecule has 3 heteroatoms. The fourth-order valence-corrected chi connectivity index (χ4v) is 1.89. The van der Waals surface area contributed by atoms with Crippen LogP contribution in [-0.4, -0.2) is 4.98 Å². The van der Waals surface area contributed by atoms with E-state index >= 15 is 0 Å². The van der Waals surface area contributed by atoms with Gasteiger partial charge in [-0.05, 0) is 32.0 Å². The summed E-state index contributed by atoms with van der Waals surface area (Å²) in [7, 11) is 0. The Labute approximate surface area is 107 Å². The molecule has 1 atom stereocenters.